The fourth-order valence-corrected chi connectivity index (χ4v) is 3.30. The number of anilines is 2. The van der Waals surface area contributed by atoms with Gasteiger partial charge in [0.15, 0.2) is 0 Å². The molecule has 2 heterocycles. The molecule has 8 heteroatoms. The van der Waals surface area contributed by atoms with Gasteiger partial charge >= 0.3 is 0 Å². The van der Waals surface area contributed by atoms with Gasteiger partial charge in [-0.2, -0.15) is 0 Å². The molecule has 2 atom stereocenters. The van der Waals surface area contributed by atoms with Gasteiger partial charge in [-0.15, -0.1) is 0 Å². The van der Waals surface area contributed by atoms with Crippen molar-refractivity contribution in [1.82, 2.24) is 5.32 Å². The fourth-order valence-electron chi connectivity index (χ4n) is 2.52. The van der Waals surface area contributed by atoms with Crippen LogP contribution in [0.4, 0.5) is 20.6 Å². The van der Waals surface area contributed by atoms with Crippen LogP contribution in [0.25, 0.3) is 0 Å². The Hall–Kier alpha value is -1.80. The van der Waals surface area contributed by atoms with Crippen LogP contribution in [0.1, 0.15) is 12.8 Å². The average Bonchev–Trinajstić information content (AvgIpc) is 3.18. The van der Waals surface area contributed by atoms with Crippen LogP contribution in [-0.2, 0) is 9.53 Å². The molecule has 2 aliphatic rings. The summed E-state index contributed by atoms with van der Waals surface area (Å²) in [5.41, 5.74) is 0.740. The highest BCUT2D eigenvalue weighted by Crippen LogP contribution is 2.21. The first kappa shape index (κ1) is 16.1. The summed E-state index contributed by atoms with van der Waals surface area (Å²) in [7, 11) is 0. The molecule has 1 aromatic rings. The van der Waals surface area contributed by atoms with Gasteiger partial charge in [-0.1, -0.05) is 11.8 Å². The van der Waals surface area contributed by atoms with Crippen LogP contribution < -0.4 is 16.0 Å². The lowest BCUT2D eigenvalue weighted by Crippen LogP contribution is -2.38. The lowest BCUT2D eigenvalue weighted by atomic mass is 10.2. The second kappa shape index (κ2) is 7.18. The topological polar surface area (TPSA) is 79.5 Å². The molecule has 0 bridgehead atoms. The smallest absolute Gasteiger partial charge is 0.279 e. The summed E-state index contributed by atoms with van der Waals surface area (Å²) in [5.74, 6) is -0.401. The minimum atomic E-state index is -0.576. The minimum absolute atomic E-state index is 0.122. The Bertz CT molecular complexity index is 608. The van der Waals surface area contributed by atoms with Crippen molar-refractivity contribution in [2.75, 3.05) is 29.5 Å². The quantitative estimate of drug-likeness (QED) is 0.766. The Morgan fingerprint density at radius 3 is 3.00 bits per heavy atom. The molecule has 0 unspecified atom stereocenters. The number of hydrogen-bond acceptors (Lipinski definition) is 5. The van der Waals surface area contributed by atoms with Gasteiger partial charge in [0.2, 0.25) is 5.91 Å². The molecule has 6 nitrogen and oxygen atoms in total. The zero-order valence-electron chi connectivity index (χ0n) is 12.4. The minimum Gasteiger partial charge on any atom is -0.380 e. The summed E-state index contributed by atoms with van der Waals surface area (Å²) in [4.78, 5) is 23.0. The molecule has 1 aromatic carbocycles. The number of benzene rings is 1. The summed E-state index contributed by atoms with van der Waals surface area (Å²) >= 11 is 1.06. The molecular weight excluding hydrogens is 321 g/mol. The van der Waals surface area contributed by atoms with Crippen molar-refractivity contribution in [3.63, 3.8) is 0 Å². The van der Waals surface area contributed by atoms with Crippen molar-refractivity contribution in [3.05, 3.63) is 24.0 Å². The van der Waals surface area contributed by atoms with Crippen LogP contribution >= 0.6 is 11.8 Å². The Balaban J connectivity index is 1.55. The van der Waals surface area contributed by atoms with Crippen molar-refractivity contribution >= 4 is 34.3 Å². The highest BCUT2D eigenvalue weighted by Gasteiger charge is 2.28. The summed E-state index contributed by atoms with van der Waals surface area (Å²) in [6.45, 7) is 1.32. The lowest BCUT2D eigenvalue weighted by Gasteiger charge is -2.14. The first-order valence-electron chi connectivity index (χ1n) is 7.51. The predicted molar refractivity (Wildman–Crippen MR) is 87.3 cm³/mol. The van der Waals surface area contributed by atoms with Crippen molar-refractivity contribution in [2.45, 2.75) is 25.0 Å². The van der Waals surface area contributed by atoms with Gasteiger partial charge in [0.05, 0.1) is 11.8 Å². The van der Waals surface area contributed by atoms with E-state index in [0.29, 0.717) is 23.7 Å². The van der Waals surface area contributed by atoms with Gasteiger partial charge in [-0.05, 0) is 31.0 Å². The maximum absolute atomic E-state index is 14.1. The number of carbonyl (C=O) groups is 2. The van der Waals surface area contributed by atoms with E-state index in [2.05, 4.69) is 16.0 Å². The van der Waals surface area contributed by atoms with Crippen LogP contribution in [0.5, 0.6) is 0 Å². The van der Waals surface area contributed by atoms with Crippen LogP contribution in [0.2, 0.25) is 0 Å². The van der Waals surface area contributed by atoms with Gasteiger partial charge in [0.25, 0.3) is 5.24 Å². The SMILES string of the molecule is O=C1N[C@@H](C(=O)Nc2ccc(NC[C@H]3CCCO3)c(F)c2)CS1. The van der Waals surface area contributed by atoms with Crippen molar-refractivity contribution in [1.29, 1.82) is 0 Å². The highest BCUT2D eigenvalue weighted by molar-refractivity contribution is 8.14. The van der Waals surface area contributed by atoms with E-state index < -0.39 is 11.9 Å². The molecule has 124 valence electrons. The lowest BCUT2D eigenvalue weighted by molar-refractivity contribution is -0.117. The first-order valence-corrected chi connectivity index (χ1v) is 8.49. The van der Waals surface area contributed by atoms with E-state index in [-0.39, 0.29) is 17.3 Å². The normalized spacial score (nSPS) is 23.6. The number of ether oxygens (including phenoxy) is 1. The van der Waals surface area contributed by atoms with Gasteiger partial charge < -0.3 is 20.7 Å². The summed E-state index contributed by atoms with van der Waals surface area (Å²) < 4.78 is 19.6. The van der Waals surface area contributed by atoms with Gasteiger partial charge in [0, 0.05) is 24.6 Å². The Morgan fingerprint density at radius 1 is 1.48 bits per heavy atom. The van der Waals surface area contributed by atoms with Crippen molar-refractivity contribution < 1.29 is 18.7 Å². The predicted octanol–water partition coefficient (Wildman–Crippen LogP) is 2.18. The molecule has 2 amide bonds. The summed E-state index contributed by atoms with van der Waals surface area (Å²) in [6.07, 6.45) is 2.14. The average molecular weight is 339 g/mol. The first-order chi connectivity index (χ1) is 11.1. The Morgan fingerprint density at radius 2 is 2.35 bits per heavy atom. The molecule has 0 aliphatic carbocycles. The Kier molecular flexibility index (Phi) is 5.02. The number of halogens is 1. The van der Waals surface area contributed by atoms with E-state index in [1.807, 2.05) is 0 Å². The largest absolute Gasteiger partial charge is 0.380 e. The van der Waals surface area contributed by atoms with Crippen LogP contribution in [0, 0.1) is 5.82 Å². The van der Waals surface area contributed by atoms with E-state index in [4.69, 9.17) is 4.74 Å². The molecule has 3 N–H and O–H groups in total. The zero-order valence-corrected chi connectivity index (χ0v) is 13.2. The van der Waals surface area contributed by atoms with E-state index in [1.54, 1.807) is 12.1 Å². The second-order valence-corrected chi connectivity index (χ2v) is 6.49. The second-order valence-electron chi connectivity index (χ2n) is 5.50. The summed E-state index contributed by atoms with van der Waals surface area (Å²) in [5, 5.41) is 7.96. The van der Waals surface area contributed by atoms with Crippen LogP contribution in [0.15, 0.2) is 18.2 Å². The molecule has 0 aromatic heterocycles. The molecule has 0 saturated carbocycles. The maximum Gasteiger partial charge on any atom is 0.279 e. The number of thioether (sulfide) groups is 1. The molecule has 2 fully saturated rings. The third-order valence-corrected chi connectivity index (χ3v) is 4.65. The monoisotopic (exact) mass is 339 g/mol. The third-order valence-electron chi connectivity index (χ3n) is 3.77. The molecule has 2 aliphatic heterocycles. The molecule has 2 saturated heterocycles. The molecule has 3 rings (SSSR count). The number of carbonyl (C=O) groups excluding carboxylic acids is 2. The van der Waals surface area contributed by atoms with Crippen molar-refractivity contribution in [2.24, 2.45) is 0 Å². The van der Waals surface area contributed by atoms with E-state index in [0.717, 1.165) is 31.2 Å². The molecule has 0 spiro atoms. The van der Waals surface area contributed by atoms with Gasteiger partial charge in [-0.25, -0.2) is 4.39 Å². The number of hydrogen-bond donors (Lipinski definition) is 3. The summed E-state index contributed by atoms with van der Waals surface area (Å²) in [6, 6.07) is 3.90. The molecule has 23 heavy (non-hydrogen) atoms. The van der Waals surface area contributed by atoms with E-state index in [9.17, 15) is 14.0 Å². The van der Waals surface area contributed by atoms with Gasteiger partial charge in [-0.3, -0.25) is 9.59 Å². The number of amides is 2. The van der Waals surface area contributed by atoms with E-state index in [1.165, 1.54) is 6.07 Å². The van der Waals surface area contributed by atoms with E-state index >= 15 is 0 Å². The van der Waals surface area contributed by atoms with Gasteiger partial charge in [0.1, 0.15) is 11.9 Å². The molecule has 0 radical (unpaired) electrons. The standard InChI is InChI=1S/C15H18FN3O3S/c16-11-6-9(18-14(20)13-8-23-15(21)19-13)3-4-12(11)17-7-10-2-1-5-22-10/h3-4,6,10,13,17H,1-2,5,7-8H2,(H,18,20)(H,19,21)/t10-,13-/m1/s1. The zero-order chi connectivity index (χ0) is 16.2. The number of rotatable bonds is 5. The number of nitrogens with one attached hydrogen (secondary N) is 3. The fraction of sp³-hybridized carbons (Fsp3) is 0.467. The van der Waals surface area contributed by atoms with Crippen molar-refractivity contribution in [3.8, 4) is 0 Å². The van der Waals surface area contributed by atoms with Crippen LogP contribution in [0.3, 0.4) is 0 Å². The Labute approximate surface area is 137 Å². The highest BCUT2D eigenvalue weighted by atomic mass is 32.2. The molecular formula is C15H18FN3O3S. The maximum atomic E-state index is 14.1. The van der Waals surface area contributed by atoms with Crippen LogP contribution in [-0.4, -0.2) is 42.2 Å². The third kappa shape index (κ3) is 4.14.